The van der Waals surface area contributed by atoms with Crippen molar-refractivity contribution in [2.24, 2.45) is 0 Å². The molecule has 2 rings (SSSR count). The normalized spacial score (nSPS) is 10.8. The summed E-state index contributed by atoms with van der Waals surface area (Å²) in [5.41, 5.74) is 2.92. The molecular weight excluding hydrogens is 276 g/mol. The Morgan fingerprint density at radius 1 is 1.45 bits per heavy atom. The third kappa shape index (κ3) is 3.67. The number of rotatable bonds is 5. The average molecular weight is 286 g/mol. The Labute approximate surface area is 119 Å². The van der Waals surface area contributed by atoms with Gasteiger partial charge in [-0.2, -0.15) is 5.26 Å². The fourth-order valence-corrected chi connectivity index (χ4v) is 1.98. The van der Waals surface area contributed by atoms with Gasteiger partial charge in [0.15, 0.2) is 0 Å². The Balaban J connectivity index is 2.03. The molecule has 0 unspecified atom stereocenters. The highest BCUT2D eigenvalue weighted by Crippen LogP contribution is 2.16. The van der Waals surface area contributed by atoms with Gasteiger partial charge in [0.05, 0.1) is 11.2 Å². The molecule has 6 heteroatoms. The Morgan fingerprint density at radius 3 is 2.75 bits per heavy atom. The molecule has 1 N–H and O–H groups in total. The van der Waals surface area contributed by atoms with Gasteiger partial charge in [-0.25, -0.2) is 9.78 Å². The Bertz CT molecular complexity index is 655. The summed E-state index contributed by atoms with van der Waals surface area (Å²) in [6.45, 7) is 0.386. The van der Waals surface area contributed by atoms with Gasteiger partial charge >= 0.3 is 5.97 Å². The van der Waals surface area contributed by atoms with E-state index in [-0.39, 0.29) is 5.57 Å². The number of ether oxygens (including phenoxy) is 1. The number of nitrogens with zero attached hydrogens (tertiary/aromatic N) is 2. The lowest BCUT2D eigenvalue weighted by Gasteiger charge is -2.04. The van der Waals surface area contributed by atoms with Crippen LogP contribution in [0.25, 0.3) is 6.08 Å². The number of thiazole rings is 1. The molecule has 0 amide bonds. The smallest absolute Gasteiger partial charge is 0.346 e. The van der Waals surface area contributed by atoms with Crippen molar-refractivity contribution >= 4 is 23.4 Å². The molecule has 0 saturated heterocycles. The molecule has 2 aromatic rings. The average Bonchev–Trinajstić information content (AvgIpc) is 2.96. The van der Waals surface area contributed by atoms with Crippen LogP contribution in [0, 0.1) is 11.3 Å². The summed E-state index contributed by atoms with van der Waals surface area (Å²) in [6.07, 6.45) is 1.31. The number of hydrogen-bond donors (Lipinski definition) is 1. The predicted molar refractivity (Wildman–Crippen MR) is 74.1 cm³/mol. The number of hydrogen-bond acceptors (Lipinski definition) is 5. The van der Waals surface area contributed by atoms with E-state index in [0.29, 0.717) is 17.9 Å². The molecule has 1 heterocycles. The molecular formula is C14H10N2O3S. The van der Waals surface area contributed by atoms with Crippen LogP contribution in [-0.4, -0.2) is 16.1 Å². The zero-order valence-corrected chi connectivity index (χ0v) is 11.1. The predicted octanol–water partition coefficient (Wildman–Crippen LogP) is 2.71. The second kappa shape index (κ2) is 6.50. The molecule has 0 aliphatic rings. The number of carbonyl (C=O) groups is 1. The van der Waals surface area contributed by atoms with Crippen molar-refractivity contribution in [3.8, 4) is 11.8 Å². The second-order valence-corrected chi connectivity index (χ2v) is 4.53. The van der Waals surface area contributed by atoms with Crippen LogP contribution in [0.5, 0.6) is 5.75 Å². The number of carboxylic acids is 1. The monoisotopic (exact) mass is 286 g/mol. The van der Waals surface area contributed by atoms with E-state index in [1.807, 2.05) is 5.38 Å². The minimum atomic E-state index is -1.24. The van der Waals surface area contributed by atoms with Gasteiger partial charge in [0, 0.05) is 5.38 Å². The second-order valence-electron chi connectivity index (χ2n) is 3.81. The highest BCUT2D eigenvalue weighted by molar-refractivity contribution is 7.07. The zero-order chi connectivity index (χ0) is 14.4. The van der Waals surface area contributed by atoms with Gasteiger partial charge in [-0.05, 0) is 23.8 Å². The molecule has 0 radical (unpaired) electrons. The van der Waals surface area contributed by atoms with Gasteiger partial charge in [-0.1, -0.05) is 12.1 Å². The van der Waals surface area contributed by atoms with Crippen LogP contribution in [0.3, 0.4) is 0 Å². The van der Waals surface area contributed by atoms with E-state index >= 15 is 0 Å². The lowest BCUT2D eigenvalue weighted by atomic mass is 10.1. The number of aliphatic carboxylic acids is 1. The molecule has 0 fully saturated rings. The first-order chi connectivity index (χ1) is 9.69. The molecule has 0 bridgehead atoms. The summed E-state index contributed by atoms with van der Waals surface area (Å²) in [5.74, 6) is -0.583. The fourth-order valence-electron chi connectivity index (χ4n) is 1.43. The molecule has 0 saturated carbocycles. The van der Waals surface area contributed by atoms with Crippen LogP contribution in [0.2, 0.25) is 0 Å². The third-order valence-corrected chi connectivity index (χ3v) is 3.05. The van der Waals surface area contributed by atoms with E-state index in [1.165, 1.54) is 17.4 Å². The van der Waals surface area contributed by atoms with Crippen LogP contribution < -0.4 is 4.74 Å². The Morgan fingerprint density at radius 2 is 2.20 bits per heavy atom. The van der Waals surface area contributed by atoms with Crippen molar-refractivity contribution in [3.63, 3.8) is 0 Å². The first kappa shape index (κ1) is 13.8. The zero-order valence-electron chi connectivity index (χ0n) is 10.3. The van der Waals surface area contributed by atoms with Crippen molar-refractivity contribution in [1.82, 2.24) is 4.98 Å². The van der Waals surface area contributed by atoms with Gasteiger partial charge < -0.3 is 9.84 Å². The van der Waals surface area contributed by atoms with Crippen LogP contribution >= 0.6 is 11.3 Å². The van der Waals surface area contributed by atoms with Crippen molar-refractivity contribution < 1.29 is 14.6 Å². The van der Waals surface area contributed by atoms with E-state index in [1.54, 1.807) is 35.8 Å². The quantitative estimate of drug-likeness (QED) is 0.675. The maximum absolute atomic E-state index is 10.7. The lowest BCUT2D eigenvalue weighted by molar-refractivity contribution is -0.132. The first-order valence-corrected chi connectivity index (χ1v) is 6.58. The van der Waals surface area contributed by atoms with E-state index < -0.39 is 5.97 Å². The highest BCUT2D eigenvalue weighted by atomic mass is 32.1. The van der Waals surface area contributed by atoms with E-state index in [4.69, 9.17) is 15.1 Å². The summed E-state index contributed by atoms with van der Waals surface area (Å²) >= 11 is 1.50. The molecule has 0 aliphatic carbocycles. The van der Waals surface area contributed by atoms with Gasteiger partial charge in [0.2, 0.25) is 0 Å². The van der Waals surface area contributed by atoms with Crippen molar-refractivity contribution in [2.75, 3.05) is 0 Å². The summed E-state index contributed by atoms with van der Waals surface area (Å²) in [4.78, 5) is 14.8. The SMILES string of the molecule is N#C/C(=C\c1ccc(OCc2cscn2)cc1)C(=O)O. The van der Waals surface area contributed by atoms with Gasteiger partial charge in [0.1, 0.15) is 24.0 Å². The molecule has 5 nitrogen and oxygen atoms in total. The molecule has 1 aromatic heterocycles. The number of nitriles is 1. The van der Waals surface area contributed by atoms with E-state index in [2.05, 4.69) is 4.98 Å². The molecule has 100 valence electrons. The van der Waals surface area contributed by atoms with E-state index in [9.17, 15) is 4.79 Å². The van der Waals surface area contributed by atoms with Gasteiger partial charge in [-0.3, -0.25) is 0 Å². The maximum atomic E-state index is 10.7. The number of aromatic nitrogens is 1. The molecule has 0 atom stereocenters. The van der Waals surface area contributed by atoms with Crippen molar-refractivity contribution in [2.45, 2.75) is 6.61 Å². The minimum Gasteiger partial charge on any atom is -0.487 e. The van der Waals surface area contributed by atoms with Gasteiger partial charge in [-0.15, -0.1) is 11.3 Å². The number of benzene rings is 1. The van der Waals surface area contributed by atoms with Gasteiger partial charge in [0.25, 0.3) is 0 Å². The minimum absolute atomic E-state index is 0.304. The van der Waals surface area contributed by atoms with Crippen LogP contribution in [0.15, 0.2) is 40.7 Å². The van der Waals surface area contributed by atoms with Crippen LogP contribution in [0.4, 0.5) is 0 Å². The lowest BCUT2D eigenvalue weighted by Crippen LogP contribution is -1.97. The number of carboxylic acid groups (broad SMARTS) is 1. The molecule has 0 aliphatic heterocycles. The molecule has 1 aromatic carbocycles. The Hall–Kier alpha value is -2.65. The summed E-state index contributed by atoms with van der Waals surface area (Å²) in [7, 11) is 0. The summed E-state index contributed by atoms with van der Waals surface area (Å²) in [5, 5.41) is 19.3. The van der Waals surface area contributed by atoms with Crippen LogP contribution in [0.1, 0.15) is 11.3 Å². The maximum Gasteiger partial charge on any atom is 0.346 e. The summed E-state index contributed by atoms with van der Waals surface area (Å²) < 4.78 is 5.53. The van der Waals surface area contributed by atoms with Crippen molar-refractivity contribution in [3.05, 3.63) is 52.0 Å². The molecule has 20 heavy (non-hydrogen) atoms. The van der Waals surface area contributed by atoms with Crippen molar-refractivity contribution in [1.29, 1.82) is 5.26 Å². The fraction of sp³-hybridized carbons (Fsp3) is 0.0714. The first-order valence-electron chi connectivity index (χ1n) is 5.64. The van der Waals surface area contributed by atoms with E-state index in [0.717, 1.165) is 5.69 Å². The summed E-state index contributed by atoms with van der Waals surface area (Å²) in [6, 6.07) is 8.45. The highest BCUT2D eigenvalue weighted by Gasteiger charge is 2.05. The largest absolute Gasteiger partial charge is 0.487 e. The topological polar surface area (TPSA) is 83.2 Å². The standard InChI is InChI=1S/C14H10N2O3S/c15-6-11(14(17)18)5-10-1-3-13(4-2-10)19-7-12-8-20-9-16-12/h1-5,8-9H,7H2,(H,17,18)/b11-5+. The van der Waals surface area contributed by atoms with Crippen LogP contribution in [-0.2, 0) is 11.4 Å². The Kier molecular flexibility index (Phi) is 4.47. The third-order valence-electron chi connectivity index (χ3n) is 2.41. The molecule has 0 spiro atoms.